The van der Waals surface area contributed by atoms with E-state index in [4.69, 9.17) is 4.74 Å². The zero-order valence-electron chi connectivity index (χ0n) is 12.5. The predicted octanol–water partition coefficient (Wildman–Crippen LogP) is 2.23. The molecular formula is C14H24N4O2. The minimum absolute atomic E-state index is 0.151. The van der Waals surface area contributed by atoms with Gasteiger partial charge in [-0.05, 0) is 19.8 Å². The Morgan fingerprint density at radius 2 is 2.05 bits per heavy atom. The maximum atomic E-state index is 11.2. The number of nitrogens with zero attached hydrogens (tertiary/aromatic N) is 2. The Morgan fingerprint density at radius 3 is 2.70 bits per heavy atom. The predicted molar refractivity (Wildman–Crippen MR) is 79.9 cm³/mol. The quantitative estimate of drug-likeness (QED) is 0.533. The summed E-state index contributed by atoms with van der Waals surface area (Å²) in [6.07, 6.45) is 4.63. The van der Waals surface area contributed by atoms with E-state index in [0.29, 0.717) is 19.6 Å². The molecule has 1 aromatic heterocycles. The molecule has 0 amide bonds. The summed E-state index contributed by atoms with van der Waals surface area (Å²) in [5.41, 5.74) is 1.09. The molecule has 0 spiro atoms. The zero-order valence-corrected chi connectivity index (χ0v) is 12.5. The number of hydrogen-bond donors (Lipinski definition) is 2. The van der Waals surface area contributed by atoms with E-state index in [1.807, 2.05) is 14.0 Å². The largest absolute Gasteiger partial charge is 0.466 e. The Bertz CT molecular complexity index is 424. The molecule has 0 saturated heterocycles. The first kappa shape index (κ1) is 16.2. The summed E-state index contributed by atoms with van der Waals surface area (Å²) >= 11 is 0. The highest BCUT2D eigenvalue weighted by molar-refractivity contribution is 5.69. The highest BCUT2D eigenvalue weighted by Crippen LogP contribution is 2.21. The molecule has 20 heavy (non-hydrogen) atoms. The van der Waals surface area contributed by atoms with Gasteiger partial charge in [0.15, 0.2) is 0 Å². The van der Waals surface area contributed by atoms with Crippen molar-refractivity contribution in [2.24, 2.45) is 0 Å². The van der Waals surface area contributed by atoms with Gasteiger partial charge in [0.05, 0.1) is 6.61 Å². The van der Waals surface area contributed by atoms with Crippen LogP contribution in [0.25, 0.3) is 0 Å². The Balaban J connectivity index is 2.52. The van der Waals surface area contributed by atoms with Crippen LogP contribution in [0.5, 0.6) is 0 Å². The van der Waals surface area contributed by atoms with Crippen LogP contribution in [0.3, 0.4) is 0 Å². The Labute approximate surface area is 120 Å². The number of aromatic nitrogens is 2. The van der Waals surface area contributed by atoms with Gasteiger partial charge in [-0.25, -0.2) is 9.97 Å². The molecule has 0 bridgehead atoms. The summed E-state index contributed by atoms with van der Waals surface area (Å²) in [6, 6.07) is 0. The third-order valence-electron chi connectivity index (χ3n) is 2.84. The number of ether oxygens (including phenoxy) is 1. The summed E-state index contributed by atoms with van der Waals surface area (Å²) in [6.45, 7) is 5.06. The van der Waals surface area contributed by atoms with Crippen molar-refractivity contribution in [2.75, 3.05) is 30.8 Å². The van der Waals surface area contributed by atoms with Crippen LogP contribution in [-0.2, 0) is 16.0 Å². The number of anilines is 2. The van der Waals surface area contributed by atoms with Gasteiger partial charge in [0.2, 0.25) is 0 Å². The lowest BCUT2D eigenvalue weighted by molar-refractivity contribution is -0.143. The summed E-state index contributed by atoms with van der Waals surface area (Å²) < 4.78 is 4.89. The molecule has 2 N–H and O–H groups in total. The van der Waals surface area contributed by atoms with Gasteiger partial charge in [-0.1, -0.05) is 13.3 Å². The van der Waals surface area contributed by atoms with Crippen LogP contribution >= 0.6 is 0 Å². The van der Waals surface area contributed by atoms with Gasteiger partial charge < -0.3 is 15.4 Å². The summed E-state index contributed by atoms with van der Waals surface area (Å²) in [7, 11) is 1.85. The van der Waals surface area contributed by atoms with E-state index in [2.05, 4.69) is 27.5 Å². The topological polar surface area (TPSA) is 76.1 Å². The molecule has 0 aliphatic carbocycles. The van der Waals surface area contributed by atoms with Crippen molar-refractivity contribution in [3.05, 3.63) is 11.9 Å². The van der Waals surface area contributed by atoms with Crippen molar-refractivity contribution >= 4 is 17.6 Å². The van der Waals surface area contributed by atoms with Crippen LogP contribution in [0.15, 0.2) is 6.33 Å². The Morgan fingerprint density at radius 1 is 1.30 bits per heavy atom. The standard InChI is InChI=1S/C14H24N4O2/c1-4-7-11-13(15-3)17-10-18-14(11)16-9-6-8-12(19)20-5-2/h10H,4-9H2,1-3H3,(H2,15,16,17,18). The summed E-state index contributed by atoms with van der Waals surface area (Å²) in [5.74, 6) is 1.55. The van der Waals surface area contributed by atoms with Crippen LogP contribution in [0.2, 0.25) is 0 Å². The van der Waals surface area contributed by atoms with E-state index >= 15 is 0 Å². The molecule has 112 valence electrons. The second-order valence-corrected chi connectivity index (χ2v) is 4.38. The van der Waals surface area contributed by atoms with Gasteiger partial charge in [0.25, 0.3) is 0 Å². The highest BCUT2D eigenvalue weighted by atomic mass is 16.5. The van der Waals surface area contributed by atoms with Gasteiger partial charge in [-0.3, -0.25) is 4.79 Å². The normalized spacial score (nSPS) is 10.2. The summed E-state index contributed by atoms with van der Waals surface area (Å²) in [4.78, 5) is 19.7. The maximum absolute atomic E-state index is 11.2. The number of nitrogens with one attached hydrogen (secondary N) is 2. The SMILES string of the molecule is CCCc1c(NC)ncnc1NCCCC(=O)OCC. The van der Waals surface area contributed by atoms with Crippen LogP contribution in [0, 0.1) is 0 Å². The Hall–Kier alpha value is -1.85. The lowest BCUT2D eigenvalue weighted by Gasteiger charge is -2.13. The first-order chi connectivity index (χ1) is 9.72. The number of hydrogen-bond acceptors (Lipinski definition) is 6. The average Bonchev–Trinajstić information content (AvgIpc) is 2.45. The summed E-state index contributed by atoms with van der Waals surface area (Å²) in [5, 5.41) is 6.35. The van der Waals surface area contributed by atoms with Crippen molar-refractivity contribution in [2.45, 2.75) is 39.5 Å². The molecule has 1 aromatic rings. The molecule has 0 aromatic carbocycles. The van der Waals surface area contributed by atoms with Crippen LogP contribution < -0.4 is 10.6 Å². The van der Waals surface area contributed by atoms with E-state index in [-0.39, 0.29) is 5.97 Å². The first-order valence-corrected chi connectivity index (χ1v) is 7.14. The molecule has 0 fully saturated rings. The number of esters is 1. The molecule has 1 heterocycles. The van der Waals surface area contributed by atoms with Gasteiger partial charge >= 0.3 is 5.97 Å². The van der Waals surface area contributed by atoms with Crippen molar-refractivity contribution in [3.8, 4) is 0 Å². The van der Waals surface area contributed by atoms with Crippen molar-refractivity contribution in [3.63, 3.8) is 0 Å². The third kappa shape index (κ3) is 5.03. The molecule has 0 radical (unpaired) electrons. The molecule has 0 aliphatic rings. The minimum Gasteiger partial charge on any atom is -0.466 e. The minimum atomic E-state index is -0.151. The number of rotatable bonds is 9. The zero-order chi connectivity index (χ0) is 14.8. The number of carbonyl (C=O) groups excluding carboxylic acids is 1. The molecule has 0 atom stereocenters. The highest BCUT2D eigenvalue weighted by Gasteiger charge is 2.09. The molecule has 0 saturated carbocycles. The lowest BCUT2D eigenvalue weighted by Crippen LogP contribution is -2.11. The molecule has 0 unspecified atom stereocenters. The van der Waals surface area contributed by atoms with Crippen molar-refractivity contribution in [1.82, 2.24) is 9.97 Å². The van der Waals surface area contributed by atoms with Gasteiger partial charge in [-0.15, -0.1) is 0 Å². The van der Waals surface area contributed by atoms with Crippen molar-refractivity contribution in [1.29, 1.82) is 0 Å². The van der Waals surface area contributed by atoms with Gasteiger partial charge in [0.1, 0.15) is 18.0 Å². The second kappa shape index (κ2) is 9.12. The van der Waals surface area contributed by atoms with E-state index in [1.165, 1.54) is 0 Å². The second-order valence-electron chi connectivity index (χ2n) is 4.38. The Kier molecular flexibility index (Phi) is 7.39. The third-order valence-corrected chi connectivity index (χ3v) is 2.84. The van der Waals surface area contributed by atoms with E-state index in [0.717, 1.165) is 36.5 Å². The molecule has 1 rings (SSSR count). The molecule has 6 nitrogen and oxygen atoms in total. The van der Waals surface area contributed by atoms with E-state index < -0.39 is 0 Å². The van der Waals surface area contributed by atoms with Gasteiger partial charge in [0, 0.05) is 25.6 Å². The average molecular weight is 280 g/mol. The monoisotopic (exact) mass is 280 g/mol. The fourth-order valence-electron chi connectivity index (χ4n) is 1.94. The van der Waals surface area contributed by atoms with E-state index in [1.54, 1.807) is 6.33 Å². The van der Waals surface area contributed by atoms with Crippen LogP contribution in [0.4, 0.5) is 11.6 Å². The van der Waals surface area contributed by atoms with Crippen LogP contribution in [0.1, 0.15) is 38.7 Å². The smallest absolute Gasteiger partial charge is 0.305 e. The van der Waals surface area contributed by atoms with Crippen molar-refractivity contribution < 1.29 is 9.53 Å². The maximum Gasteiger partial charge on any atom is 0.305 e. The fourth-order valence-corrected chi connectivity index (χ4v) is 1.94. The number of carbonyl (C=O) groups is 1. The van der Waals surface area contributed by atoms with E-state index in [9.17, 15) is 4.79 Å². The first-order valence-electron chi connectivity index (χ1n) is 7.14. The van der Waals surface area contributed by atoms with Crippen LogP contribution in [-0.4, -0.2) is 36.1 Å². The molecule has 0 aliphatic heterocycles. The molecule has 6 heteroatoms. The molecular weight excluding hydrogens is 256 g/mol. The lowest BCUT2D eigenvalue weighted by atomic mass is 10.1. The fraction of sp³-hybridized carbons (Fsp3) is 0.643. The van der Waals surface area contributed by atoms with Gasteiger partial charge in [-0.2, -0.15) is 0 Å².